The first-order valence-corrected chi connectivity index (χ1v) is 10.9. The molecule has 4 rings (SSSR count). The fourth-order valence-electron chi connectivity index (χ4n) is 3.62. The van der Waals surface area contributed by atoms with E-state index in [1.807, 2.05) is 24.3 Å². The number of aromatic carboxylic acids is 1. The van der Waals surface area contributed by atoms with Gasteiger partial charge in [0.15, 0.2) is 5.82 Å². The third kappa shape index (κ3) is 5.15. The van der Waals surface area contributed by atoms with Crippen molar-refractivity contribution in [3.63, 3.8) is 0 Å². The molecule has 8 nitrogen and oxygen atoms in total. The molecule has 0 bridgehead atoms. The van der Waals surface area contributed by atoms with Crippen LogP contribution in [0.25, 0.3) is 22.5 Å². The third-order valence-corrected chi connectivity index (χ3v) is 5.52. The van der Waals surface area contributed by atoms with Gasteiger partial charge in [-0.25, -0.2) is 19.9 Å². The summed E-state index contributed by atoms with van der Waals surface area (Å²) < 4.78 is 5.09. The number of nitrogens with zero attached hydrogens (tertiary/aromatic N) is 3. The summed E-state index contributed by atoms with van der Waals surface area (Å²) in [6, 6.07) is 16.2. The van der Waals surface area contributed by atoms with E-state index in [0.29, 0.717) is 17.5 Å². The highest BCUT2D eigenvalue weighted by Crippen LogP contribution is 2.30. The molecule has 0 spiro atoms. The molecule has 9 heteroatoms. The predicted octanol–water partition coefficient (Wildman–Crippen LogP) is 5.30. The molecule has 168 valence electrons. The number of carboxylic acids is 1. The number of aromatic nitrogens is 4. The van der Waals surface area contributed by atoms with Crippen molar-refractivity contribution < 1.29 is 14.4 Å². The maximum atomic E-state index is 11.5. The van der Waals surface area contributed by atoms with Crippen LogP contribution in [-0.4, -0.2) is 37.2 Å². The molecular formula is C24H23N5O3S. The molecule has 0 fully saturated rings. The second-order valence-electron chi connectivity index (χ2n) is 7.61. The Morgan fingerprint density at radius 2 is 1.88 bits per heavy atom. The Kier molecular flexibility index (Phi) is 6.60. The lowest BCUT2D eigenvalue weighted by molar-refractivity contribution is 0.0697. The monoisotopic (exact) mass is 461 g/mol. The van der Waals surface area contributed by atoms with Crippen LogP contribution in [0.3, 0.4) is 0 Å². The summed E-state index contributed by atoms with van der Waals surface area (Å²) in [5, 5.41) is 15.5. The molecule has 0 amide bonds. The van der Waals surface area contributed by atoms with Crippen molar-refractivity contribution in [3.8, 4) is 22.5 Å². The van der Waals surface area contributed by atoms with Crippen LogP contribution in [0.1, 0.15) is 35.1 Å². The van der Waals surface area contributed by atoms with Crippen molar-refractivity contribution in [2.24, 2.45) is 0 Å². The fraction of sp³-hybridized carbons (Fsp3) is 0.208. The molecule has 1 unspecified atom stereocenters. The van der Waals surface area contributed by atoms with Gasteiger partial charge in [0.2, 0.25) is 0 Å². The van der Waals surface area contributed by atoms with E-state index < -0.39 is 5.97 Å². The normalized spacial score (nSPS) is 11.8. The summed E-state index contributed by atoms with van der Waals surface area (Å²) in [4.78, 5) is 24.2. The first-order valence-electron chi connectivity index (χ1n) is 10.5. The van der Waals surface area contributed by atoms with Crippen molar-refractivity contribution in [2.45, 2.75) is 32.7 Å². The molecule has 2 heterocycles. The summed E-state index contributed by atoms with van der Waals surface area (Å²) in [5.74, 6) is 0.400. The largest absolute Gasteiger partial charge is 0.477 e. The van der Waals surface area contributed by atoms with Crippen molar-refractivity contribution in [3.05, 3.63) is 76.5 Å². The van der Waals surface area contributed by atoms with Gasteiger partial charge in [0, 0.05) is 17.8 Å². The summed E-state index contributed by atoms with van der Waals surface area (Å²) >= 11 is 4.98. The van der Waals surface area contributed by atoms with E-state index in [1.54, 1.807) is 6.92 Å². The molecule has 2 aromatic carbocycles. The third-order valence-electron chi connectivity index (χ3n) is 5.34. The van der Waals surface area contributed by atoms with E-state index in [1.165, 1.54) is 6.20 Å². The first-order chi connectivity index (χ1) is 15.9. The van der Waals surface area contributed by atoms with Gasteiger partial charge < -0.3 is 14.9 Å². The van der Waals surface area contributed by atoms with Gasteiger partial charge >= 0.3 is 10.8 Å². The van der Waals surface area contributed by atoms with Crippen LogP contribution in [0.4, 0.5) is 5.82 Å². The number of hydrogen-bond acceptors (Lipinski definition) is 7. The quantitative estimate of drug-likeness (QED) is 0.303. The predicted molar refractivity (Wildman–Crippen MR) is 128 cm³/mol. The van der Waals surface area contributed by atoms with Gasteiger partial charge in [0.1, 0.15) is 17.2 Å². The number of benzene rings is 2. The minimum absolute atomic E-state index is 0.0192. The van der Waals surface area contributed by atoms with Crippen LogP contribution in [-0.2, 0) is 6.42 Å². The highest BCUT2D eigenvalue weighted by atomic mass is 32.1. The van der Waals surface area contributed by atoms with E-state index in [9.17, 15) is 9.90 Å². The number of anilines is 1. The smallest absolute Gasteiger partial charge is 0.341 e. The van der Waals surface area contributed by atoms with Gasteiger partial charge in [-0.1, -0.05) is 55.5 Å². The lowest BCUT2D eigenvalue weighted by Crippen LogP contribution is -2.24. The molecule has 0 aliphatic heterocycles. The van der Waals surface area contributed by atoms with E-state index >= 15 is 0 Å². The maximum Gasteiger partial charge on any atom is 0.341 e. The van der Waals surface area contributed by atoms with Crippen LogP contribution >= 0.6 is 12.2 Å². The average Bonchev–Trinajstić information content (AvgIpc) is 3.25. The first kappa shape index (κ1) is 22.3. The summed E-state index contributed by atoms with van der Waals surface area (Å²) in [7, 11) is 0. The van der Waals surface area contributed by atoms with E-state index in [0.717, 1.165) is 35.1 Å². The van der Waals surface area contributed by atoms with Gasteiger partial charge in [-0.2, -0.15) is 4.98 Å². The second-order valence-corrected chi connectivity index (χ2v) is 7.96. The van der Waals surface area contributed by atoms with Crippen molar-refractivity contribution in [2.75, 3.05) is 5.32 Å². The Morgan fingerprint density at radius 1 is 1.15 bits per heavy atom. The molecule has 2 aromatic heterocycles. The molecule has 33 heavy (non-hydrogen) atoms. The summed E-state index contributed by atoms with van der Waals surface area (Å²) in [5.41, 5.74) is 4.14. The zero-order valence-electron chi connectivity index (χ0n) is 18.2. The Hall–Kier alpha value is -3.85. The van der Waals surface area contributed by atoms with Gasteiger partial charge in [-0.3, -0.25) is 0 Å². The van der Waals surface area contributed by atoms with Crippen LogP contribution in [0, 0.1) is 11.8 Å². The van der Waals surface area contributed by atoms with Crippen molar-refractivity contribution >= 4 is 24.0 Å². The molecule has 0 radical (unpaired) electrons. The van der Waals surface area contributed by atoms with Gasteiger partial charge in [-0.05, 0) is 48.7 Å². The second kappa shape index (κ2) is 9.74. The SMILES string of the molecule is CCC(Cc1ccc(-c2ccccc2-c2nc(=S)o[nH]2)cc1)Nc1nc(C)ncc1C(=O)O. The van der Waals surface area contributed by atoms with Crippen LogP contribution < -0.4 is 5.32 Å². The Balaban J connectivity index is 1.54. The van der Waals surface area contributed by atoms with E-state index in [4.69, 9.17) is 16.7 Å². The van der Waals surface area contributed by atoms with Crippen LogP contribution in [0.5, 0.6) is 0 Å². The Labute approximate surface area is 195 Å². The standard InChI is InChI=1S/C24H23N5O3S/c1-3-17(27-21-20(23(30)31)13-25-14(2)26-21)12-15-8-10-16(11-9-15)18-6-4-5-7-19(18)22-28-24(33)32-29-22/h4-11,13,17H,3,12H2,1-2H3,(H,30,31)(H,25,26,27)(H,28,29,33). The van der Waals surface area contributed by atoms with E-state index in [-0.39, 0.29) is 16.4 Å². The fourth-order valence-corrected chi connectivity index (χ4v) is 3.75. The molecule has 0 aliphatic rings. The van der Waals surface area contributed by atoms with Crippen LogP contribution in [0.15, 0.2) is 59.3 Å². The lowest BCUT2D eigenvalue weighted by atomic mass is 9.96. The van der Waals surface area contributed by atoms with Crippen molar-refractivity contribution in [1.82, 2.24) is 20.1 Å². The number of carboxylic acid groups (broad SMARTS) is 1. The van der Waals surface area contributed by atoms with Gasteiger partial charge in [-0.15, -0.1) is 0 Å². The van der Waals surface area contributed by atoms with Crippen molar-refractivity contribution in [1.29, 1.82) is 0 Å². The molecule has 0 aliphatic carbocycles. The number of aromatic amines is 1. The highest BCUT2D eigenvalue weighted by molar-refractivity contribution is 7.71. The molecule has 4 aromatic rings. The Bertz CT molecular complexity index is 1330. The molecular weight excluding hydrogens is 438 g/mol. The number of aryl methyl sites for hydroxylation is 1. The zero-order chi connectivity index (χ0) is 23.4. The number of H-pyrrole nitrogens is 1. The van der Waals surface area contributed by atoms with Gasteiger partial charge in [0.25, 0.3) is 0 Å². The average molecular weight is 462 g/mol. The number of hydrogen-bond donors (Lipinski definition) is 3. The zero-order valence-corrected chi connectivity index (χ0v) is 19.0. The molecule has 0 saturated heterocycles. The summed E-state index contributed by atoms with van der Waals surface area (Å²) in [6.45, 7) is 3.79. The number of rotatable bonds is 8. The minimum Gasteiger partial charge on any atom is -0.477 e. The summed E-state index contributed by atoms with van der Waals surface area (Å²) in [6.07, 6.45) is 2.86. The minimum atomic E-state index is -1.05. The topological polar surface area (TPSA) is 117 Å². The molecule has 1 atom stereocenters. The number of nitrogens with one attached hydrogen (secondary N) is 2. The Morgan fingerprint density at radius 3 is 2.52 bits per heavy atom. The highest BCUT2D eigenvalue weighted by Gasteiger charge is 2.17. The van der Waals surface area contributed by atoms with E-state index in [2.05, 4.69) is 56.6 Å². The lowest BCUT2D eigenvalue weighted by Gasteiger charge is -2.19. The maximum absolute atomic E-state index is 11.5. The molecule has 3 N–H and O–H groups in total. The van der Waals surface area contributed by atoms with Crippen LogP contribution in [0.2, 0.25) is 0 Å². The van der Waals surface area contributed by atoms with Gasteiger partial charge in [0.05, 0.1) is 0 Å². The number of carbonyl (C=O) groups is 1. The molecule has 0 saturated carbocycles.